The molecule has 1 atom stereocenters. The Morgan fingerprint density at radius 3 is 2.64 bits per heavy atom. The van der Waals surface area contributed by atoms with Gasteiger partial charge in [-0.2, -0.15) is 0 Å². The summed E-state index contributed by atoms with van der Waals surface area (Å²) < 4.78 is 0. The van der Waals surface area contributed by atoms with Crippen molar-refractivity contribution in [2.75, 3.05) is 5.75 Å². The highest BCUT2D eigenvalue weighted by atomic mass is 32.2. The summed E-state index contributed by atoms with van der Waals surface area (Å²) in [6, 6.07) is -0.326. The van der Waals surface area contributed by atoms with Crippen molar-refractivity contribution >= 4 is 17.7 Å². The van der Waals surface area contributed by atoms with E-state index in [0.717, 1.165) is 30.4 Å². The highest BCUT2D eigenvalue weighted by Gasteiger charge is 2.51. The van der Waals surface area contributed by atoms with E-state index in [1.165, 1.54) is 0 Å². The van der Waals surface area contributed by atoms with Crippen molar-refractivity contribution in [3.63, 3.8) is 0 Å². The minimum absolute atomic E-state index is 0.109. The molecule has 2 rings (SSSR count). The number of rotatable bonds is 2. The molecule has 0 aromatic carbocycles. The predicted octanol–water partition coefficient (Wildman–Crippen LogP) is 1.54. The summed E-state index contributed by atoms with van der Waals surface area (Å²) in [6.45, 7) is 4.48. The predicted molar refractivity (Wildman–Crippen MR) is 57.3 cm³/mol. The van der Waals surface area contributed by atoms with Crippen molar-refractivity contribution in [1.82, 2.24) is 5.32 Å². The van der Waals surface area contributed by atoms with Gasteiger partial charge < -0.3 is 5.11 Å². The lowest BCUT2D eigenvalue weighted by atomic mass is 9.73. The second-order valence-corrected chi connectivity index (χ2v) is 6.16. The SMILES string of the molecule is CC(C)C1CC2(C1)N[C@@H](C(=O)O)CS2. The molecule has 1 saturated heterocycles. The minimum Gasteiger partial charge on any atom is -0.480 e. The highest BCUT2D eigenvalue weighted by Crippen LogP contribution is 2.51. The molecular weight excluding hydrogens is 198 g/mol. The molecule has 1 spiro atoms. The molecule has 0 aromatic heterocycles. The van der Waals surface area contributed by atoms with E-state index in [1.807, 2.05) is 0 Å². The quantitative estimate of drug-likeness (QED) is 0.733. The van der Waals surface area contributed by atoms with Gasteiger partial charge in [-0.05, 0) is 24.7 Å². The van der Waals surface area contributed by atoms with E-state index in [-0.39, 0.29) is 10.9 Å². The van der Waals surface area contributed by atoms with Crippen molar-refractivity contribution in [2.24, 2.45) is 11.8 Å². The maximum absolute atomic E-state index is 10.8. The summed E-state index contributed by atoms with van der Waals surface area (Å²) in [5, 5.41) is 12.1. The van der Waals surface area contributed by atoms with Crippen LogP contribution < -0.4 is 5.32 Å². The van der Waals surface area contributed by atoms with Crippen LogP contribution in [-0.2, 0) is 4.79 Å². The lowest BCUT2D eigenvalue weighted by Crippen LogP contribution is -2.54. The van der Waals surface area contributed by atoms with Gasteiger partial charge in [0.1, 0.15) is 6.04 Å². The Kier molecular flexibility index (Phi) is 2.52. The van der Waals surface area contributed by atoms with Gasteiger partial charge in [0.05, 0.1) is 4.87 Å². The Morgan fingerprint density at radius 1 is 1.57 bits per heavy atom. The van der Waals surface area contributed by atoms with Crippen LogP contribution >= 0.6 is 11.8 Å². The number of hydrogen-bond donors (Lipinski definition) is 2. The molecule has 1 saturated carbocycles. The summed E-state index contributed by atoms with van der Waals surface area (Å²) in [6.07, 6.45) is 2.28. The summed E-state index contributed by atoms with van der Waals surface area (Å²) in [7, 11) is 0. The third kappa shape index (κ3) is 1.65. The fourth-order valence-corrected chi connectivity index (χ4v) is 3.87. The third-order valence-electron chi connectivity index (χ3n) is 3.39. The first-order valence-electron chi connectivity index (χ1n) is 5.17. The van der Waals surface area contributed by atoms with Crippen molar-refractivity contribution in [2.45, 2.75) is 37.6 Å². The number of carboxylic acid groups (broad SMARTS) is 1. The minimum atomic E-state index is -0.706. The van der Waals surface area contributed by atoms with Crippen LogP contribution in [0.15, 0.2) is 0 Å². The van der Waals surface area contributed by atoms with E-state index in [2.05, 4.69) is 19.2 Å². The number of carbonyl (C=O) groups is 1. The first-order chi connectivity index (χ1) is 6.52. The van der Waals surface area contributed by atoms with Gasteiger partial charge in [-0.15, -0.1) is 11.8 Å². The Hall–Kier alpha value is -0.220. The van der Waals surface area contributed by atoms with Crippen LogP contribution in [0.5, 0.6) is 0 Å². The molecule has 2 aliphatic rings. The molecule has 2 N–H and O–H groups in total. The summed E-state index contributed by atoms with van der Waals surface area (Å²) >= 11 is 1.80. The lowest BCUT2D eigenvalue weighted by molar-refractivity contribution is -0.139. The number of aliphatic carboxylic acids is 1. The van der Waals surface area contributed by atoms with E-state index in [1.54, 1.807) is 11.8 Å². The van der Waals surface area contributed by atoms with E-state index >= 15 is 0 Å². The van der Waals surface area contributed by atoms with Gasteiger partial charge in [0.2, 0.25) is 0 Å². The molecule has 4 heteroatoms. The fraction of sp³-hybridized carbons (Fsp3) is 0.900. The van der Waals surface area contributed by atoms with Gasteiger partial charge in [0, 0.05) is 5.75 Å². The smallest absolute Gasteiger partial charge is 0.321 e. The molecule has 14 heavy (non-hydrogen) atoms. The highest BCUT2D eigenvalue weighted by molar-refractivity contribution is 8.01. The summed E-state index contributed by atoms with van der Waals surface area (Å²) in [4.78, 5) is 10.9. The van der Waals surface area contributed by atoms with Gasteiger partial charge in [0.25, 0.3) is 0 Å². The monoisotopic (exact) mass is 215 g/mol. The standard InChI is InChI=1S/C10H17NO2S/c1-6(2)7-3-10(4-7)11-8(5-14-10)9(12)13/h6-8,11H,3-5H2,1-2H3,(H,12,13)/t7?,8-,10?/m1/s1. The topological polar surface area (TPSA) is 49.3 Å². The lowest BCUT2D eigenvalue weighted by Gasteiger charge is -2.46. The van der Waals surface area contributed by atoms with Crippen LogP contribution in [0.3, 0.4) is 0 Å². The zero-order valence-corrected chi connectivity index (χ0v) is 9.43. The Bertz CT molecular complexity index is 249. The van der Waals surface area contributed by atoms with E-state index in [4.69, 9.17) is 5.11 Å². The first-order valence-corrected chi connectivity index (χ1v) is 6.15. The van der Waals surface area contributed by atoms with Crippen LogP contribution in [0.1, 0.15) is 26.7 Å². The zero-order valence-electron chi connectivity index (χ0n) is 8.62. The van der Waals surface area contributed by atoms with Crippen molar-refractivity contribution in [3.8, 4) is 0 Å². The van der Waals surface area contributed by atoms with Gasteiger partial charge in [-0.3, -0.25) is 10.1 Å². The molecule has 0 aromatic rings. The molecular formula is C10H17NO2S. The van der Waals surface area contributed by atoms with Gasteiger partial charge in [-0.1, -0.05) is 13.8 Å². The third-order valence-corrected chi connectivity index (χ3v) is 4.89. The van der Waals surface area contributed by atoms with Crippen LogP contribution in [0.2, 0.25) is 0 Å². The first kappa shape index (κ1) is 10.3. The van der Waals surface area contributed by atoms with Gasteiger partial charge in [0.15, 0.2) is 0 Å². The summed E-state index contributed by atoms with van der Waals surface area (Å²) in [5.41, 5.74) is 0. The number of carboxylic acids is 1. The number of hydrogen-bond acceptors (Lipinski definition) is 3. The normalized spacial score (nSPS) is 41.6. The molecule has 1 heterocycles. The molecule has 0 amide bonds. The van der Waals surface area contributed by atoms with Crippen LogP contribution in [0.4, 0.5) is 0 Å². The van der Waals surface area contributed by atoms with Crippen molar-refractivity contribution in [3.05, 3.63) is 0 Å². The Labute approximate surface area is 88.6 Å². The van der Waals surface area contributed by atoms with Crippen molar-refractivity contribution in [1.29, 1.82) is 0 Å². The second kappa shape index (κ2) is 3.42. The summed E-state index contributed by atoms with van der Waals surface area (Å²) in [5.74, 6) is 1.52. The van der Waals surface area contributed by atoms with E-state index in [9.17, 15) is 4.79 Å². The molecule has 3 nitrogen and oxygen atoms in total. The molecule has 0 bridgehead atoms. The molecule has 1 aliphatic carbocycles. The Morgan fingerprint density at radius 2 is 2.21 bits per heavy atom. The van der Waals surface area contributed by atoms with Gasteiger partial charge in [-0.25, -0.2) is 0 Å². The van der Waals surface area contributed by atoms with Crippen LogP contribution in [0, 0.1) is 11.8 Å². The molecule has 0 radical (unpaired) electrons. The molecule has 80 valence electrons. The van der Waals surface area contributed by atoms with Gasteiger partial charge >= 0.3 is 5.97 Å². The van der Waals surface area contributed by atoms with E-state index < -0.39 is 5.97 Å². The average Bonchev–Trinajstić information content (AvgIpc) is 2.44. The maximum Gasteiger partial charge on any atom is 0.321 e. The van der Waals surface area contributed by atoms with Crippen LogP contribution in [0.25, 0.3) is 0 Å². The zero-order chi connectivity index (χ0) is 10.3. The molecule has 0 unspecified atom stereocenters. The fourth-order valence-electron chi connectivity index (χ4n) is 2.27. The second-order valence-electron chi connectivity index (χ2n) is 4.75. The Balaban J connectivity index is 1.88. The largest absolute Gasteiger partial charge is 0.480 e. The van der Waals surface area contributed by atoms with E-state index in [0.29, 0.717) is 0 Å². The maximum atomic E-state index is 10.8. The number of nitrogens with one attached hydrogen (secondary N) is 1. The average molecular weight is 215 g/mol. The number of thioether (sulfide) groups is 1. The van der Waals surface area contributed by atoms with Crippen LogP contribution in [-0.4, -0.2) is 27.7 Å². The molecule has 1 aliphatic heterocycles. The van der Waals surface area contributed by atoms with Crippen molar-refractivity contribution < 1.29 is 9.90 Å². The molecule has 2 fully saturated rings.